The van der Waals surface area contributed by atoms with E-state index in [0.717, 1.165) is 31.4 Å². The normalized spacial score (nSPS) is 20.4. The summed E-state index contributed by atoms with van der Waals surface area (Å²) in [7, 11) is 0. The van der Waals surface area contributed by atoms with E-state index in [2.05, 4.69) is 14.9 Å². The first-order valence-corrected chi connectivity index (χ1v) is 8.69. The Labute approximate surface area is 135 Å². The van der Waals surface area contributed by atoms with E-state index in [0.29, 0.717) is 23.5 Å². The van der Waals surface area contributed by atoms with E-state index in [1.165, 1.54) is 25.7 Å². The number of rotatable bonds is 3. The van der Waals surface area contributed by atoms with Crippen molar-refractivity contribution in [1.82, 2.24) is 9.97 Å². The highest BCUT2D eigenvalue weighted by molar-refractivity contribution is 5.78. The van der Waals surface area contributed by atoms with Gasteiger partial charge < -0.3 is 9.64 Å². The maximum Gasteiger partial charge on any atom is 0.260 e. The minimum atomic E-state index is -0.0603. The number of nitrogens with zero attached hydrogens (tertiary/aromatic N) is 2. The molecule has 5 heteroatoms. The Hall–Kier alpha value is -1.88. The molecule has 1 aromatic heterocycles. The molecule has 1 aliphatic heterocycles. The Kier molecular flexibility index (Phi) is 4.04. The van der Waals surface area contributed by atoms with E-state index in [9.17, 15) is 4.79 Å². The van der Waals surface area contributed by atoms with Crippen LogP contribution in [0.15, 0.2) is 29.1 Å². The van der Waals surface area contributed by atoms with Crippen molar-refractivity contribution in [2.24, 2.45) is 0 Å². The molecule has 2 aliphatic rings. The highest BCUT2D eigenvalue weighted by Gasteiger charge is 2.25. The van der Waals surface area contributed by atoms with Gasteiger partial charge in [0.1, 0.15) is 0 Å². The van der Waals surface area contributed by atoms with Crippen LogP contribution in [0, 0.1) is 0 Å². The molecule has 0 unspecified atom stereocenters. The van der Waals surface area contributed by atoms with Crippen LogP contribution in [-0.4, -0.2) is 35.3 Å². The van der Waals surface area contributed by atoms with Crippen molar-refractivity contribution in [2.75, 3.05) is 18.0 Å². The number of hydrogen-bond donors (Lipinski definition) is 1. The Morgan fingerprint density at radius 2 is 1.74 bits per heavy atom. The van der Waals surface area contributed by atoms with Crippen molar-refractivity contribution in [3.8, 4) is 0 Å². The first-order valence-electron chi connectivity index (χ1n) is 8.69. The monoisotopic (exact) mass is 313 g/mol. The highest BCUT2D eigenvalue weighted by Crippen LogP contribution is 2.26. The van der Waals surface area contributed by atoms with Crippen LogP contribution in [0.3, 0.4) is 0 Å². The summed E-state index contributed by atoms with van der Waals surface area (Å²) in [4.78, 5) is 21.9. The number of H-pyrrole nitrogens is 1. The molecule has 1 aliphatic carbocycles. The molecule has 0 amide bonds. The topological polar surface area (TPSA) is 58.2 Å². The third kappa shape index (κ3) is 3.11. The van der Waals surface area contributed by atoms with Gasteiger partial charge in [-0.1, -0.05) is 25.0 Å². The van der Waals surface area contributed by atoms with Crippen LogP contribution in [0.5, 0.6) is 0 Å². The molecule has 1 saturated heterocycles. The number of fused-ring (bicyclic) bond motifs is 1. The van der Waals surface area contributed by atoms with Crippen LogP contribution in [0.1, 0.15) is 38.5 Å². The molecule has 122 valence electrons. The van der Waals surface area contributed by atoms with Crippen molar-refractivity contribution in [1.29, 1.82) is 0 Å². The van der Waals surface area contributed by atoms with Crippen LogP contribution in [0.25, 0.3) is 10.9 Å². The number of nitrogens with one attached hydrogen (secondary N) is 1. The fraction of sp³-hybridized carbons (Fsp3) is 0.556. The molecule has 4 rings (SSSR count). The maximum absolute atomic E-state index is 12.2. The summed E-state index contributed by atoms with van der Waals surface area (Å²) in [6.07, 6.45) is 7.92. The molecular weight excluding hydrogens is 290 g/mol. The SMILES string of the molecule is O=c1[nH]c(N2CCC(OC3CCCC3)CC2)nc2ccccc12. The number of hydrogen-bond acceptors (Lipinski definition) is 4. The van der Waals surface area contributed by atoms with Crippen molar-refractivity contribution in [2.45, 2.75) is 50.7 Å². The molecule has 0 atom stereocenters. The summed E-state index contributed by atoms with van der Waals surface area (Å²) in [5.41, 5.74) is 0.700. The van der Waals surface area contributed by atoms with Gasteiger partial charge in [-0.05, 0) is 37.8 Å². The van der Waals surface area contributed by atoms with E-state index in [-0.39, 0.29) is 5.56 Å². The van der Waals surface area contributed by atoms with Gasteiger partial charge in [0.15, 0.2) is 0 Å². The number of aromatic nitrogens is 2. The predicted molar refractivity (Wildman–Crippen MR) is 90.9 cm³/mol. The van der Waals surface area contributed by atoms with Gasteiger partial charge >= 0.3 is 0 Å². The maximum atomic E-state index is 12.2. The van der Waals surface area contributed by atoms with Crippen LogP contribution in [0.2, 0.25) is 0 Å². The lowest BCUT2D eigenvalue weighted by Crippen LogP contribution is -2.39. The Morgan fingerprint density at radius 3 is 2.52 bits per heavy atom. The van der Waals surface area contributed by atoms with Crippen LogP contribution < -0.4 is 10.5 Å². The molecule has 0 radical (unpaired) electrons. The zero-order valence-corrected chi connectivity index (χ0v) is 13.3. The van der Waals surface area contributed by atoms with Gasteiger partial charge in [-0.3, -0.25) is 9.78 Å². The lowest BCUT2D eigenvalue weighted by Gasteiger charge is -2.33. The molecule has 2 fully saturated rings. The summed E-state index contributed by atoms with van der Waals surface area (Å²) in [5, 5.41) is 0.649. The molecule has 2 heterocycles. The molecule has 0 bridgehead atoms. The van der Waals surface area contributed by atoms with Crippen molar-refractivity contribution < 1.29 is 4.74 Å². The zero-order chi connectivity index (χ0) is 15.6. The number of aromatic amines is 1. The van der Waals surface area contributed by atoms with Gasteiger partial charge in [-0.25, -0.2) is 4.98 Å². The van der Waals surface area contributed by atoms with E-state index >= 15 is 0 Å². The van der Waals surface area contributed by atoms with E-state index in [1.54, 1.807) is 0 Å². The van der Waals surface area contributed by atoms with Crippen molar-refractivity contribution >= 4 is 16.9 Å². The molecule has 0 spiro atoms. The molecule has 5 nitrogen and oxygen atoms in total. The number of para-hydroxylation sites is 1. The third-order valence-electron chi connectivity index (χ3n) is 5.03. The summed E-state index contributed by atoms with van der Waals surface area (Å²) in [6, 6.07) is 7.49. The second-order valence-corrected chi connectivity index (χ2v) is 6.64. The van der Waals surface area contributed by atoms with Crippen LogP contribution in [0.4, 0.5) is 5.95 Å². The predicted octanol–water partition coefficient (Wildman–Crippen LogP) is 2.85. The molecular formula is C18H23N3O2. The zero-order valence-electron chi connectivity index (χ0n) is 13.3. The molecule has 2 aromatic rings. The highest BCUT2D eigenvalue weighted by atomic mass is 16.5. The lowest BCUT2D eigenvalue weighted by atomic mass is 10.1. The number of piperidine rings is 1. The standard InChI is InChI=1S/C18H23N3O2/c22-17-15-7-3-4-8-16(15)19-18(20-17)21-11-9-14(10-12-21)23-13-5-1-2-6-13/h3-4,7-8,13-14H,1-2,5-6,9-12H2,(H,19,20,22). The smallest absolute Gasteiger partial charge is 0.260 e. The quantitative estimate of drug-likeness (QED) is 0.946. The minimum Gasteiger partial charge on any atom is -0.375 e. The Balaban J connectivity index is 1.44. The van der Waals surface area contributed by atoms with Gasteiger partial charge in [0.05, 0.1) is 23.1 Å². The summed E-state index contributed by atoms with van der Waals surface area (Å²) in [5.74, 6) is 0.688. The average molecular weight is 313 g/mol. The van der Waals surface area contributed by atoms with Gasteiger partial charge in [0, 0.05) is 13.1 Å². The average Bonchev–Trinajstić information content (AvgIpc) is 3.08. The van der Waals surface area contributed by atoms with Crippen molar-refractivity contribution in [3.63, 3.8) is 0 Å². The second-order valence-electron chi connectivity index (χ2n) is 6.64. The largest absolute Gasteiger partial charge is 0.375 e. The van der Waals surface area contributed by atoms with Gasteiger partial charge in [-0.15, -0.1) is 0 Å². The summed E-state index contributed by atoms with van der Waals surface area (Å²) < 4.78 is 6.21. The van der Waals surface area contributed by atoms with E-state index in [1.807, 2.05) is 24.3 Å². The molecule has 1 aromatic carbocycles. The van der Waals surface area contributed by atoms with E-state index < -0.39 is 0 Å². The summed E-state index contributed by atoms with van der Waals surface area (Å²) in [6.45, 7) is 1.78. The van der Waals surface area contributed by atoms with Crippen LogP contribution in [-0.2, 0) is 4.74 Å². The number of ether oxygens (including phenoxy) is 1. The van der Waals surface area contributed by atoms with Gasteiger partial charge in [-0.2, -0.15) is 0 Å². The van der Waals surface area contributed by atoms with Gasteiger partial charge in [0.25, 0.3) is 5.56 Å². The fourth-order valence-corrected chi connectivity index (χ4v) is 3.72. The molecule has 1 saturated carbocycles. The molecule has 1 N–H and O–H groups in total. The fourth-order valence-electron chi connectivity index (χ4n) is 3.72. The number of benzene rings is 1. The Bertz CT molecular complexity index is 728. The number of anilines is 1. The lowest BCUT2D eigenvalue weighted by molar-refractivity contribution is -0.0195. The molecule has 23 heavy (non-hydrogen) atoms. The first kappa shape index (κ1) is 14.7. The minimum absolute atomic E-state index is 0.0603. The summed E-state index contributed by atoms with van der Waals surface area (Å²) >= 11 is 0. The Morgan fingerprint density at radius 1 is 1.04 bits per heavy atom. The van der Waals surface area contributed by atoms with E-state index in [4.69, 9.17) is 4.74 Å². The second kappa shape index (κ2) is 6.32. The van der Waals surface area contributed by atoms with Gasteiger partial charge in [0.2, 0.25) is 5.95 Å². The van der Waals surface area contributed by atoms with Crippen LogP contribution >= 0.6 is 0 Å². The third-order valence-corrected chi connectivity index (χ3v) is 5.03. The first-order chi connectivity index (χ1) is 11.3. The van der Waals surface area contributed by atoms with Crippen molar-refractivity contribution in [3.05, 3.63) is 34.6 Å².